The number of nitrogens with zero attached hydrogens (tertiary/aromatic N) is 1. The van der Waals surface area contributed by atoms with Gasteiger partial charge in [-0.2, -0.15) is 0 Å². The molecule has 0 saturated carbocycles. The second-order valence-electron chi connectivity index (χ2n) is 3.10. The molecule has 0 fully saturated rings. The topological polar surface area (TPSA) is 38.9 Å². The van der Waals surface area contributed by atoms with Gasteiger partial charge in [0.1, 0.15) is 15.8 Å². The molecule has 2 N–H and O–H groups in total. The van der Waals surface area contributed by atoms with Gasteiger partial charge >= 0.3 is 0 Å². The molecule has 0 spiro atoms. The van der Waals surface area contributed by atoms with Gasteiger partial charge in [-0.1, -0.05) is 22.9 Å². The van der Waals surface area contributed by atoms with Gasteiger partial charge in [-0.15, -0.1) is 0 Å². The Labute approximate surface area is 95.5 Å². The van der Waals surface area contributed by atoms with Crippen LogP contribution >= 0.6 is 22.9 Å². The number of halogens is 2. The normalized spacial score (nSPS) is 10.6. The molecule has 1 aromatic heterocycles. The quantitative estimate of drug-likeness (QED) is 0.831. The van der Waals surface area contributed by atoms with E-state index in [9.17, 15) is 4.39 Å². The van der Waals surface area contributed by atoms with Gasteiger partial charge in [0.05, 0.1) is 10.7 Å². The summed E-state index contributed by atoms with van der Waals surface area (Å²) < 4.78 is 12.9. The fourth-order valence-corrected chi connectivity index (χ4v) is 2.17. The third-order valence-electron chi connectivity index (χ3n) is 2.00. The number of anilines is 1. The van der Waals surface area contributed by atoms with Crippen LogP contribution in [0.4, 0.5) is 9.39 Å². The maximum absolute atomic E-state index is 12.9. The summed E-state index contributed by atoms with van der Waals surface area (Å²) in [5.41, 5.74) is 7.27. The highest BCUT2D eigenvalue weighted by atomic mass is 35.5. The van der Waals surface area contributed by atoms with Crippen LogP contribution in [0, 0.1) is 12.7 Å². The Kier molecular flexibility index (Phi) is 2.63. The summed E-state index contributed by atoms with van der Waals surface area (Å²) in [6, 6.07) is 4.51. The number of aromatic nitrogens is 1. The summed E-state index contributed by atoms with van der Waals surface area (Å²) in [6.45, 7) is 1.83. The van der Waals surface area contributed by atoms with Gasteiger partial charge in [-0.05, 0) is 25.1 Å². The first-order chi connectivity index (χ1) is 7.08. The molecule has 2 rings (SSSR count). The second-order valence-corrected chi connectivity index (χ2v) is 4.54. The highest BCUT2D eigenvalue weighted by Gasteiger charge is 2.08. The molecule has 1 heterocycles. The Hall–Kier alpha value is -1.13. The molecular weight excluding hydrogens is 235 g/mol. The third-order valence-corrected chi connectivity index (χ3v) is 3.32. The van der Waals surface area contributed by atoms with Gasteiger partial charge in [-0.25, -0.2) is 9.37 Å². The summed E-state index contributed by atoms with van der Waals surface area (Å²) in [5.74, 6) is -0.429. The zero-order valence-electron chi connectivity index (χ0n) is 7.92. The first kappa shape index (κ1) is 10.4. The Bertz CT molecular complexity index is 491. The lowest BCUT2D eigenvalue weighted by molar-refractivity contribution is 0.628. The average molecular weight is 243 g/mol. The number of aryl methyl sites for hydroxylation is 1. The van der Waals surface area contributed by atoms with Crippen LogP contribution in [-0.2, 0) is 0 Å². The summed E-state index contributed by atoms with van der Waals surface area (Å²) in [5, 5.41) is 1.52. The van der Waals surface area contributed by atoms with Crippen LogP contribution in [0.5, 0.6) is 0 Å². The number of thiazole rings is 1. The van der Waals surface area contributed by atoms with Crippen LogP contribution in [0.15, 0.2) is 18.2 Å². The molecule has 0 radical (unpaired) electrons. The van der Waals surface area contributed by atoms with Gasteiger partial charge in [0, 0.05) is 5.56 Å². The van der Waals surface area contributed by atoms with Crippen molar-refractivity contribution in [2.24, 2.45) is 0 Å². The van der Waals surface area contributed by atoms with Crippen molar-refractivity contribution in [1.29, 1.82) is 0 Å². The molecule has 0 aliphatic carbocycles. The van der Waals surface area contributed by atoms with Crippen molar-refractivity contribution >= 4 is 27.9 Å². The van der Waals surface area contributed by atoms with Gasteiger partial charge < -0.3 is 5.73 Å². The molecule has 0 bridgehead atoms. The van der Waals surface area contributed by atoms with Gasteiger partial charge in [0.25, 0.3) is 0 Å². The van der Waals surface area contributed by atoms with Crippen molar-refractivity contribution in [3.63, 3.8) is 0 Å². The standard InChI is InChI=1S/C10H8ClFN2S/c1-5-9(13)15-10(14-5)6-2-3-8(12)7(11)4-6/h2-4H,13H2,1H3. The van der Waals surface area contributed by atoms with Gasteiger partial charge in [-0.3, -0.25) is 0 Å². The van der Waals surface area contributed by atoms with E-state index >= 15 is 0 Å². The number of hydrogen-bond donors (Lipinski definition) is 1. The van der Waals surface area contributed by atoms with Crippen molar-refractivity contribution < 1.29 is 4.39 Å². The molecule has 0 aliphatic rings. The fourth-order valence-electron chi connectivity index (χ4n) is 1.16. The van der Waals surface area contributed by atoms with Crippen LogP contribution in [-0.4, -0.2) is 4.98 Å². The first-order valence-electron chi connectivity index (χ1n) is 4.26. The molecule has 2 aromatic rings. The molecule has 15 heavy (non-hydrogen) atoms. The summed E-state index contributed by atoms with van der Waals surface area (Å²) in [7, 11) is 0. The van der Waals surface area contributed by atoms with E-state index in [1.54, 1.807) is 12.1 Å². The van der Waals surface area contributed by atoms with E-state index in [0.29, 0.717) is 5.00 Å². The molecule has 0 amide bonds. The van der Waals surface area contributed by atoms with Gasteiger partial charge in [0.2, 0.25) is 0 Å². The van der Waals surface area contributed by atoms with E-state index in [1.165, 1.54) is 17.4 Å². The summed E-state index contributed by atoms with van der Waals surface area (Å²) >= 11 is 7.05. The van der Waals surface area contributed by atoms with Gasteiger partial charge in [0.15, 0.2) is 0 Å². The number of nitrogen functional groups attached to an aromatic ring is 1. The number of benzene rings is 1. The maximum Gasteiger partial charge on any atom is 0.141 e. The maximum atomic E-state index is 12.9. The third kappa shape index (κ3) is 1.96. The van der Waals surface area contributed by atoms with Crippen LogP contribution < -0.4 is 5.73 Å². The lowest BCUT2D eigenvalue weighted by atomic mass is 10.2. The predicted octanol–water partition coefficient (Wildman–Crippen LogP) is 3.49. The van der Waals surface area contributed by atoms with Crippen LogP contribution in [0.1, 0.15) is 5.69 Å². The van der Waals surface area contributed by atoms with Crippen molar-refractivity contribution in [1.82, 2.24) is 4.98 Å². The number of nitrogens with two attached hydrogens (primary N) is 1. The van der Waals surface area contributed by atoms with E-state index in [-0.39, 0.29) is 5.02 Å². The molecule has 0 atom stereocenters. The molecule has 2 nitrogen and oxygen atoms in total. The largest absolute Gasteiger partial charge is 0.389 e. The number of hydrogen-bond acceptors (Lipinski definition) is 3. The molecule has 5 heteroatoms. The predicted molar refractivity (Wildman–Crippen MR) is 61.7 cm³/mol. The lowest BCUT2D eigenvalue weighted by Gasteiger charge is -1.97. The Morgan fingerprint density at radius 3 is 2.73 bits per heavy atom. The summed E-state index contributed by atoms with van der Waals surface area (Å²) in [4.78, 5) is 4.26. The van der Waals surface area contributed by atoms with Crippen molar-refractivity contribution in [3.05, 3.63) is 34.7 Å². The monoisotopic (exact) mass is 242 g/mol. The van der Waals surface area contributed by atoms with Crippen molar-refractivity contribution in [2.45, 2.75) is 6.92 Å². The van der Waals surface area contributed by atoms with E-state index in [1.807, 2.05) is 6.92 Å². The average Bonchev–Trinajstić information content (AvgIpc) is 2.52. The van der Waals surface area contributed by atoms with E-state index in [2.05, 4.69) is 4.98 Å². The fraction of sp³-hybridized carbons (Fsp3) is 0.100. The Morgan fingerprint density at radius 2 is 2.20 bits per heavy atom. The van der Waals surface area contributed by atoms with E-state index in [0.717, 1.165) is 16.3 Å². The summed E-state index contributed by atoms with van der Waals surface area (Å²) in [6.07, 6.45) is 0. The highest BCUT2D eigenvalue weighted by molar-refractivity contribution is 7.18. The van der Waals surface area contributed by atoms with E-state index in [4.69, 9.17) is 17.3 Å². The first-order valence-corrected chi connectivity index (χ1v) is 5.45. The Morgan fingerprint density at radius 1 is 1.47 bits per heavy atom. The molecule has 78 valence electrons. The Balaban J connectivity index is 2.49. The molecule has 1 aromatic carbocycles. The highest BCUT2D eigenvalue weighted by Crippen LogP contribution is 2.31. The zero-order valence-corrected chi connectivity index (χ0v) is 9.49. The zero-order chi connectivity index (χ0) is 11.0. The molecule has 0 aliphatic heterocycles. The van der Waals surface area contributed by atoms with Crippen LogP contribution in [0.25, 0.3) is 10.6 Å². The van der Waals surface area contributed by atoms with Crippen LogP contribution in [0.3, 0.4) is 0 Å². The molecule has 0 saturated heterocycles. The minimum absolute atomic E-state index is 0.0962. The smallest absolute Gasteiger partial charge is 0.141 e. The van der Waals surface area contributed by atoms with Crippen molar-refractivity contribution in [2.75, 3.05) is 5.73 Å². The lowest BCUT2D eigenvalue weighted by Crippen LogP contribution is -1.82. The van der Waals surface area contributed by atoms with Crippen molar-refractivity contribution in [3.8, 4) is 10.6 Å². The minimum Gasteiger partial charge on any atom is -0.389 e. The molecular formula is C10H8ClFN2S. The van der Waals surface area contributed by atoms with E-state index < -0.39 is 5.82 Å². The SMILES string of the molecule is Cc1nc(-c2ccc(F)c(Cl)c2)sc1N. The number of rotatable bonds is 1. The second kappa shape index (κ2) is 3.79. The molecule has 0 unspecified atom stereocenters. The van der Waals surface area contributed by atoms with Crippen LogP contribution in [0.2, 0.25) is 5.02 Å². The minimum atomic E-state index is -0.429.